The molecule has 1 rings (SSSR count). The minimum absolute atomic E-state index is 0.443. The number of nitrogens with two attached hydrogens (primary N) is 1. The van der Waals surface area contributed by atoms with Crippen molar-refractivity contribution in [3.63, 3.8) is 0 Å². The quantitative estimate of drug-likeness (QED) is 0.712. The van der Waals surface area contributed by atoms with Crippen LogP contribution in [0.5, 0.6) is 0 Å². The van der Waals surface area contributed by atoms with E-state index >= 15 is 0 Å². The fourth-order valence-electron chi connectivity index (χ4n) is 0.895. The number of pyridine rings is 1. The van der Waals surface area contributed by atoms with Crippen LogP contribution in [-0.4, -0.2) is 10.9 Å². The number of amides is 1. The van der Waals surface area contributed by atoms with Crippen molar-refractivity contribution < 1.29 is 4.79 Å². The molecule has 0 saturated carbocycles. The molecule has 0 saturated heterocycles. The maximum Gasteiger partial charge on any atom is 0.226 e. The summed E-state index contributed by atoms with van der Waals surface area (Å²) in [5.74, 6) is -0.443. The Balaban J connectivity index is 2.71. The van der Waals surface area contributed by atoms with E-state index in [1.165, 1.54) is 6.42 Å². The average molecular weight is 163 g/mol. The normalized spacial score (nSPS) is 9.75. The van der Waals surface area contributed by atoms with Crippen LogP contribution in [0.4, 0.5) is 0 Å². The minimum Gasteiger partial charge on any atom is -0.369 e. The van der Waals surface area contributed by atoms with Crippen LogP contribution in [0, 0.1) is 6.42 Å². The molecule has 0 unspecified atom stereocenters. The minimum atomic E-state index is -0.443. The highest BCUT2D eigenvalue weighted by atomic mass is 16.1. The first-order valence-corrected chi connectivity index (χ1v) is 3.81. The molecule has 1 radical (unpaired) electrons. The second kappa shape index (κ2) is 3.85. The third-order valence-corrected chi connectivity index (χ3v) is 1.52. The predicted octanol–water partition coefficient (Wildman–Crippen LogP) is 0.682. The highest BCUT2D eigenvalue weighted by Gasteiger charge is 1.98. The fraction of sp³-hybridized carbons (Fsp3) is 0.222. The molecular weight excluding hydrogens is 152 g/mol. The lowest BCUT2D eigenvalue weighted by molar-refractivity contribution is -0.114. The number of nitrogens with zero attached hydrogens (tertiary/aromatic N) is 1. The van der Waals surface area contributed by atoms with Gasteiger partial charge in [-0.25, -0.2) is 0 Å². The summed E-state index contributed by atoms with van der Waals surface area (Å²) in [5, 5.41) is 0. The molecule has 63 valence electrons. The molecule has 0 aliphatic heterocycles. The molecule has 1 heterocycles. The van der Waals surface area contributed by atoms with Crippen molar-refractivity contribution in [2.45, 2.75) is 13.3 Å². The smallest absolute Gasteiger partial charge is 0.226 e. The third-order valence-electron chi connectivity index (χ3n) is 1.52. The van der Waals surface area contributed by atoms with Crippen LogP contribution in [-0.2, 0) is 11.2 Å². The summed E-state index contributed by atoms with van der Waals surface area (Å²) >= 11 is 0. The maximum absolute atomic E-state index is 10.5. The zero-order valence-corrected chi connectivity index (χ0v) is 6.95. The Morgan fingerprint density at radius 3 is 2.83 bits per heavy atom. The van der Waals surface area contributed by atoms with Crippen LogP contribution in [0.25, 0.3) is 0 Å². The van der Waals surface area contributed by atoms with Crippen molar-refractivity contribution in [3.05, 3.63) is 36.0 Å². The van der Waals surface area contributed by atoms with Gasteiger partial charge in [-0.05, 0) is 18.1 Å². The second-order valence-corrected chi connectivity index (χ2v) is 2.48. The third kappa shape index (κ3) is 2.34. The van der Waals surface area contributed by atoms with Crippen molar-refractivity contribution in [1.82, 2.24) is 4.98 Å². The highest BCUT2D eigenvalue weighted by Crippen LogP contribution is 2.02. The van der Waals surface area contributed by atoms with E-state index in [9.17, 15) is 4.79 Å². The molecule has 1 amide bonds. The monoisotopic (exact) mass is 163 g/mol. The van der Waals surface area contributed by atoms with E-state index in [1.54, 1.807) is 6.20 Å². The summed E-state index contributed by atoms with van der Waals surface area (Å²) in [4.78, 5) is 14.6. The van der Waals surface area contributed by atoms with Gasteiger partial charge in [0.25, 0.3) is 0 Å². The predicted molar refractivity (Wildman–Crippen MR) is 46.2 cm³/mol. The number of carbonyl (C=O) groups excluding carboxylic acids is 1. The molecule has 0 atom stereocenters. The van der Waals surface area contributed by atoms with E-state index in [0.717, 1.165) is 17.7 Å². The maximum atomic E-state index is 10.5. The van der Waals surface area contributed by atoms with Crippen molar-refractivity contribution in [3.8, 4) is 0 Å². The molecule has 12 heavy (non-hydrogen) atoms. The molecule has 1 aromatic heterocycles. The zero-order chi connectivity index (χ0) is 8.97. The number of aromatic nitrogens is 1. The largest absolute Gasteiger partial charge is 0.369 e. The Kier molecular flexibility index (Phi) is 2.80. The Bertz CT molecular complexity index is 266. The van der Waals surface area contributed by atoms with Crippen molar-refractivity contribution in [2.75, 3.05) is 0 Å². The number of hydrogen-bond donors (Lipinski definition) is 1. The van der Waals surface area contributed by atoms with Crippen LogP contribution in [0.1, 0.15) is 18.2 Å². The van der Waals surface area contributed by atoms with E-state index in [-0.39, 0.29) is 0 Å². The summed E-state index contributed by atoms with van der Waals surface area (Å²) in [6, 6.07) is 3.71. The van der Waals surface area contributed by atoms with Gasteiger partial charge >= 0.3 is 0 Å². The van der Waals surface area contributed by atoms with Crippen LogP contribution in [0.15, 0.2) is 18.3 Å². The number of aryl methyl sites for hydroxylation is 1. The van der Waals surface area contributed by atoms with Gasteiger partial charge in [-0.2, -0.15) is 0 Å². The van der Waals surface area contributed by atoms with Gasteiger partial charge in [0.1, 0.15) is 0 Å². The second-order valence-electron chi connectivity index (χ2n) is 2.48. The van der Waals surface area contributed by atoms with Gasteiger partial charge in [-0.3, -0.25) is 9.78 Å². The van der Waals surface area contributed by atoms with E-state index in [2.05, 4.69) is 4.98 Å². The van der Waals surface area contributed by atoms with E-state index in [4.69, 9.17) is 5.73 Å². The first-order valence-electron chi connectivity index (χ1n) is 3.81. The Morgan fingerprint density at radius 2 is 2.42 bits per heavy atom. The van der Waals surface area contributed by atoms with Crippen molar-refractivity contribution in [1.29, 1.82) is 0 Å². The molecule has 0 bridgehead atoms. The van der Waals surface area contributed by atoms with Crippen LogP contribution < -0.4 is 5.73 Å². The first kappa shape index (κ1) is 8.71. The lowest BCUT2D eigenvalue weighted by Gasteiger charge is -1.97. The lowest BCUT2D eigenvalue weighted by Crippen LogP contribution is -2.11. The molecule has 0 fully saturated rings. The SMILES string of the molecule is CCc1ccc([CH]C(N)=O)cn1. The molecule has 0 aromatic carbocycles. The van der Waals surface area contributed by atoms with Gasteiger partial charge < -0.3 is 5.73 Å². The van der Waals surface area contributed by atoms with Gasteiger partial charge in [0.2, 0.25) is 5.91 Å². The summed E-state index contributed by atoms with van der Waals surface area (Å²) in [5.41, 5.74) is 6.73. The van der Waals surface area contributed by atoms with Crippen molar-refractivity contribution >= 4 is 5.91 Å². The standard InChI is InChI=1S/C9H11N2O/c1-2-8-4-3-7(6-11-8)5-9(10)12/h3-6H,2H2,1H3,(H2,10,12). The lowest BCUT2D eigenvalue weighted by atomic mass is 10.2. The topological polar surface area (TPSA) is 56.0 Å². The van der Waals surface area contributed by atoms with E-state index < -0.39 is 5.91 Å². The molecule has 0 aliphatic rings. The summed E-state index contributed by atoms with van der Waals surface area (Å²) in [6.45, 7) is 2.03. The first-order chi connectivity index (χ1) is 5.72. The number of carbonyl (C=O) groups is 1. The van der Waals surface area contributed by atoms with E-state index in [1.807, 2.05) is 19.1 Å². The number of hydrogen-bond acceptors (Lipinski definition) is 2. The molecule has 3 heteroatoms. The molecule has 1 aromatic rings. The molecular formula is C9H11N2O. The zero-order valence-electron chi connectivity index (χ0n) is 6.95. The number of primary amides is 1. The van der Waals surface area contributed by atoms with Crippen LogP contribution >= 0.6 is 0 Å². The van der Waals surface area contributed by atoms with Gasteiger partial charge in [0.15, 0.2) is 0 Å². The summed E-state index contributed by atoms with van der Waals surface area (Å²) in [7, 11) is 0. The fourth-order valence-corrected chi connectivity index (χ4v) is 0.895. The Labute approximate surface area is 71.6 Å². The van der Waals surface area contributed by atoms with Crippen molar-refractivity contribution in [2.24, 2.45) is 5.73 Å². The molecule has 0 aliphatic carbocycles. The van der Waals surface area contributed by atoms with Crippen LogP contribution in [0.3, 0.4) is 0 Å². The molecule has 0 spiro atoms. The Morgan fingerprint density at radius 1 is 1.67 bits per heavy atom. The van der Waals surface area contributed by atoms with Gasteiger partial charge in [0.05, 0.1) is 6.42 Å². The van der Waals surface area contributed by atoms with E-state index in [0.29, 0.717) is 0 Å². The highest BCUT2D eigenvalue weighted by molar-refractivity contribution is 5.86. The average Bonchev–Trinajstić information content (AvgIpc) is 2.05. The van der Waals surface area contributed by atoms with Gasteiger partial charge in [-0.1, -0.05) is 13.0 Å². The van der Waals surface area contributed by atoms with Crippen LogP contribution in [0.2, 0.25) is 0 Å². The van der Waals surface area contributed by atoms with Gasteiger partial charge in [0, 0.05) is 11.9 Å². The number of rotatable bonds is 3. The van der Waals surface area contributed by atoms with Gasteiger partial charge in [-0.15, -0.1) is 0 Å². The Hall–Kier alpha value is -1.38. The summed E-state index contributed by atoms with van der Waals surface area (Å²) in [6.07, 6.45) is 3.90. The molecule has 2 N–H and O–H groups in total. The molecule has 3 nitrogen and oxygen atoms in total. The summed E-state index contributed by atoms with van der Waals surface area (Å²) < 4.78 is 0.